The number of hydrogen-bond donors (Lipinski definition) is 0. The lowest BCUT2D eigenvalue weighted by atomic mass is 10.2. The van der Waals surface area contributed by atoms with Crippen molar-refractivity contribution in [2.75, 3.05) is 20.2 Å². The standard InChI is InChI=1S/C17H18N2OS2/c1-3-4-14-16(19-8-7-18-17(19)22-14)15-10-11-9-12(20-2)5-6-13(11)21-15/h5-6,9-10H,3-4,7-8H2,1-2H3. The van der Waals surface area contributed by atoms with E-state index in [1.807, 2.05) is 29.2 Å². The zero-order valence-electron chi connectivity index (χ0n) is 12.8. The van der Waals surface area contributed by atoms with Gasteiger partial charge in [0.15, 0.2) is 5.17 Å². The second-order valence-corrected chi connectivity index (χ2v) is 7.60. The number of ether oxygens (including phenoxy) is 1. The van der Waals surface area contributed by atoms with Gasteiger partial charge in [0.05, 0.1) is 24.2 Å². The highest BCUT2D eigenvalue weighted by atomic mass is 32.2. The number of thioether (sulfide) groups is 1. The summed E-state index contributed by atoms with van der Waals surface area (Å²) >= 11 is 3.73. The van der Waals surface area contributed by atoms with E-state index in [2.05, 4.69) is 35.0 Å². The lowest BCUT2D eigenvalue weighted by Crippen LogP contribution is -2.19. The van der Waals surface area contributed by atoms with Gasteiger partial charge < -0.3 is 9.64 Å². The Morgan fingerprint density at radius 3 is 3.05 bits per heavy atom. The second-order valence-electron chi connectivity index (χ2n) is 5.45. The third kappa shape index (κ3) is 2.23. The number of methoxy groups -OCH3 is 1. The van der Waals surface area contributed by atoms with E-state index in [4.69, 9.17) is 4.74 Å². The molecule has 3 heterocycles. The Balaban J connectivity index is 1.81. The topological polar surface area (TPSA) is 24.8 Å². The summed E-state index contributed by atoms with van der Waals surface area (Å²) in [5.74, 6) is 0.920. The summed E-state index contributed by atoms with van der Waals surface area (Å²) in [5.41, 5.74) is 1.39. The maximum absolute atomic E-state index is 5.35. The van der Waals surface area contributed by atoms with Crippen molar-refractivity contribution in [2.45, 2.75) is 19.8 Å². The minimum atomic E-state index is 0.920. The molecule has 0 saturated heterocycles. The normalized spacial score (nSPS) is 17.4. The van der Waals surface area contributed by atoms with Crippen LogP contribution in [0, 0.1) is 0 Å². The highest BCUT2D eigenvalue weighted by Gasteiger charge is 2.33. The van der Waals surface area contributed by atoms with Crippen LogP contribution in [-0.2, 0) is 0 Å². The van der Waals surface area contributed by atoms with Crippen LogP contribution in [-0.4, -0.2) is 30.3 Å². The maximum atomic E-state index is 5.35. The molecule has 2 aromatic rings. The van der Waals surface area contributed by atoms with Crippen LogP contribution in [0.15, 0.2) is 34.2 Å². The molecular formula is C17H18N2OS2. The van der Waals surface area contributed by atoms with Gasteiger partial charge in [-0.2, -0.15) is 0 Å². The second kappa shape index (κ2) is 5.63. The van der Waals surface area contributed by atoms with Crippen LogP contribution in [0.4, 0.5) is 0 Å². The molecule has 114 valence electrons. The summed E-state index contributed by atoms with van der Waals surface area (Å²) < 4.78 is 6.66. The van der Waals surface area contributed by atoms with Crippen molar-refractivity contribution in [3.05, 3.63) is 34.0 Å². The number of allylic oxidation sites excluding steroid dienone is 1. The van der Waals surface area contributed by atoms with Crippen LogP contribution in [0.1, 0.15) is 24.6 Å². The number of benzene rings is 1. The molecule has 0 amide bonds. The van der Waals surface area contributed by atoms with Gasteiger partial charge in [-0.3, -0.25) is 4.99 Å². The van der Waals surface area contributed by atoms with Crippen molar-refractivity contribution in [1.82, 2.24) is 4.90 Å². The molecule has 3 nitrogen and oxygen atoms in total. The van der Waals surface area contributed by atoms with Gasteiger partial charge in [0.25, 0.3) is 0 Å². The lowest BCUT2D eigenvalue weighted by Gasteiger charge is -2.15. The Morgan fingerprint density at radius 2 is 2.23 bits per heavy atom. The molecule has 0 atom stereocenters. The van der Waals surface area contributed by atoms with Gasteiger partial charge in [-0.15, -0.1) is 11.3 Å². The van der Waals surface area contributed by atoms with Gasteiger partial charge in [-0.25, -0.2) is 0 Å². The first-order valence-corrected chi connectivity index (χ1v) is 9.24. The number of thiophene rings is 1. The average Bonchev–Trinajstić information content (AvgIpc) is 3.19. The minimum absolute atomic E-state index is 0.920. The van der Waals surface area contributed by atoms with Gasteiger partial charge in [0.1, 0.15) is 5.75 Å². The Kier molecular flexibility index (Phi) is 3.62. The van der Waals surface area contributed by atoms with E-state index in [9.17, 15) is 0 Å². The average molecular weight is 330 g/mol. The van der Waals surface area contributed by atoms with Crippen molar-refractivity contribution in [3.8, 4) is 5.75 Å². The fourth-order valence-corrected chi connectivity index (χ4v) is 5.44. The number of hydrogen-bond acceptors (Lipinski definition) is 5. The molecule has 0 N–H and O–H groups in total. The smallest absolute Gasteiger partial charge is 0.168 e. The zero-order chi connectivity index (χ0) is 15.1. The first kappa shape index (κ1) is 14.2. The molecule has 4 rings (SSSR count). The first-order chi connectivity index (χ1) is 10.8. The number of fused-ring (bicyclic) bond motifs is 2. The van der Waals surface area contributed by atoms with Crippen LogP contribution in [0.2, 0.25) is 0 Å². The summed E-state index contributed by atoms with van der Waals surface area (Å²) in [5, 5.41) is 2.45. The molecule has 0 fully saturated rings. The van der Waals surface area contributed by atoms with Gasteiger partial charge >= 0.3 is 0 Å². The van der Waals surface area contributed by atoms with E-state index in [1.54, 1.807) is 7.11 Å². The third-order valence-electron chi connectivity index (χ3n) is 3.98. The van der Waals surface area contributed by atoms with Crippen LogP contribution in [0.3, 0.4) is 0 Å². The van der Waals surface area contributed by atoms with Gasteiger partial charge in [0, 0.05) is 16.1 Å². The lowest BCUT2D eigenvalue weighted by molar-refractivity contribution is 0.415. The molecule has 0 aliphatic carbocycles. The predicted octanol–water partition coefficient (Wildman–Crippen LogP) is 4.80. The summed E-state index contributed by atoms with van der Waals surface area (Å²) in [7, 11) is 1.72. The summed E-state index contributed by atoms with van der Waals surface area (Å²) in [6.45, 7) is 4.18. The van der Waals surface area contributed by atoms with Gasteiger partial charge in [-0.1, -0.05) is 25.1 Å². The first-order valence-electron chi connectivity index (χ1n) is 7.61. The molecule has 1 aromatic heterocycles. The Bertz CT molecular complexity index is 791. The van der Waals surface area contributed by atoms with E-state index < -0.39 is 0 Å². The van der Waals surface area contributed by atoms with E-state index in [0.29, 0.717) is 0 Å². The van der Waals surface area contributed by atoms with Crippen molar-refractivity contribution in [3.63, 3.8) is 0 Å². The summed E-state index contributed by atoms with van der Waals surface area (Å²) in [6, 6.07) is 8.62. The highest BCUT2D eigenvalue weighted by molar-refractivity contribution is 8.17. The molecule has 0 radical (unpaired) electrons. The molecule has 2 aliphatic heterocycles. The molecule has 5 heteroatoms. The molecule has 1 aromatic carbocycles. The van der Waals surface area contributed by atoms with E-state index in [-0.39, 0.29) is 0 Å². The van der Waals surface area contributed by atoms with Crippen molar-refractivity contribution >= 4 is 44.0 Å². The van der Waals surface area contributed by atoms with Crippen molar-refractivity contribution < 1.29 is 4.74 Å². The fourth-order valence-electron chi connectivity index (χ4n) is 2.96. The van der Waals surface area contributed by atoms with Crippen LogP contribution < -0.4 is 4.74 Å². The molecule has 0 bridgehead atoms. The van der Waals surface area contributed by atoms with E-state index in [1.165, 1.54) is 37.2 Å². The Hall–Kier alpha value is -1.46. The molecular weight excluding hydrogens is 312 g/mol. The highest BCUT2D eigenvalue weighted by Crippen LogP contribution is 2.46. The van der Waals surface area contributed by atoms with E-state index >= 15 is 0 Å². The number of aliphatic imine (C=N–C) groups is 1. The number of rotatable bonds is 4. The van der Waals surface area contributed by atoms with Crippen molar-refractivity contribution in [1.29, 1.82) is 0 Å². The summed E-state index contributed by atoms with van der Waals surface area (Å²) in [6.07, 6.45) is 2.30. The monoisotopic (exact) mass is 330 g/mol. The molecule has 22 heavy (non-hydrogen) atoms. The molecule has 0 unspecified atom stereocenters. The number of amidine groups is 1. The largest absolute Gasteiger partial charge is 0.497 e. The zero-order valence-corrected chi connectivity index (χ0v) is 14.4. The fraction of sp³-hybridized carbons (Fsp3) is 0.353. The third-order valence-corrected chi connectivity index (χ3v) is 6.28. The Labute approximate surface area is 138 Å². The minimum Gasteiger partial charge on any atom is -0.497 e. The van der Waals surface area contributed by atoms with Crippen LogP contribution >= 0.6 is 23.1 Å². The van der Waals surface area contributed by atoms with Gasteiger partial charge in [-0.05, 0) is 36.1 Å². The Morgan fingerprint density at radius 1 is 1.32 bits per heavy atom. The van der Waals surface area contributed by atoms with Gasteiger partial charge in [0.2, 0.25) is 0 Å². The SMILES string of the molecule is CCCC1=C(c2cc3cc(OC)ccc3s2)N2CCN=C2S1. The van der Waals surface area contributed by atoms with E-state index in [0.717, 1.165) is 25.3 Å². The molecule has 0 saturated carbocycles. The quantitative estimate of drug-likeness (QED) is 0.805. The predicted molar refractivity (Wildman–Crippen MR) is 96.8 cm³/mol. The van der Waals surface area contributed by atoms with Crippen LogP contribution in [0.5, 0.6) is 5.75 Å². The molecule has 2 aliphatic rings. The van der Waals surface area contributed by atoms with Crippen molar-refractivity contribution in [2.24, 2.45) is 4.99 Å². The van der Waals surface area contributed by atoms with Crippen LogP contribution in [0.25, 0.3) is 15.8 Å². The summed E-state index contributed by atoms with van der Waals surface area (Å²) in [4.78, 5) is 9.86. The molecule has 0 spiro atoms. The number of nitrogens with zero attached hydrogens (tertiary/aromatic N) is 2. The maximum Gasteiger partial charge on any atom is 0.168 e.